The van der Waals surface area contributed by atoms with Crippen LogP contribution in [-0.4, -0.2) is 68.6 Å². The SMILES string of the molecule is Cc1ccn(-c2cc(-c3ccc(C(N)=O)cc3)ccc2C(Oc2cc(N3CCC4(CC3)CN[C@H](C(=O)O)C4)nc(N)n2)C(F)(F)F)n1. The molecule has 2 atom stereocenters. The fourth-order valence-electron chi connectivity index (χ4n) is 6.28. The van der Waals surface area contributed by atoms with Gasteiger partial charge in [-0.3, -0.25) is 9.59 Å². The van der Waals surface area contributed by atoms with Gasteiger partial charge >= 0.3 is 12.1 Å². The van der Waals surface area contributed by atoms with Crippen molar-refractivity contribution < 1.29 is 32.6 Å². The van der Waals surface area contributed by atoms with E-state index < -0.39 is 30.2 Å². The molecule has 0 radical (unpaired) electrons. The molecule has 2 aromatic carbocycles. The van der Waals surface area contributed by atoms with Gasteiger partial charge in [0.15, 0.2) is 0 Å². The second-order valence-corrected chi connectivity index (χ2v) is 12.0. The van der Waals surface area contributed by atoms with Gasteiger partial charge in [0.2, 0.25) is 23.8 Å². The van der Waals surface area contributed by atoms with Crippen molar-refractivity contribution in [1.82, 2.24) is 25.1 Å². The van der Waals surface area contributed by atoms with Gasteiger partial charge in [-0.05, 0) is 67.0 Å². The van der Waals surface area contributed by atoms with E-state index in [2.05, 4.69) is 20.4 Å². The lowest BCUT2D eigenvalue weighted by atomic mass is 9.76. The number of nitrogens with zero attached hydrogens (tertiary/aromatic N) is 5. The van der Waals surface area contributed by atoms with Gasteiger partial charge in [0.1, 0.15) is 11.9 Å². The van der Waals surface area contributed by atoms with Crippen LogP contribution in [0.5, 0.6) is 5.88 Å². The number of nitrogens with two attached hydrogens (primary N) is 2. The molecule has 12 nitrogen and oxygen atoms in total. The number of aliphatic carboxylic acids is 1. The number of carbonyl (C=O) groups excluding carboxylic acids is 1. The average molecular weight is 651 g/mol. The number of carbonyl (C=O) groups is 2. The fraction of sp³-hybridized carbons (Fsp3) is 0.344. The van der Waals surface area contributed by atoms with Crippen molar-refractivity contribution in [2.45, 2.75) is 44.5 Å². The molecule has 2 aliphatic rings. The summed E-state index contributed by atoms with van der Waals surface area (Å²) in [6.07, 6.45) is -3.88. The Morgan fingerprint density at radius 3 is 2.36 bits per heavy atom. The Bertz CT molecular complexity index is 1800. The average Bonchev–Trinajstić information content (AvgIpc) is 3.66. The van der Waals surface area contributed by atoms with Gasteiger partial charge in [-0.15, -0.1) is 0 Å². The molecule has 2 aromatic heterocycles. The van der Waals surface area contributed by atoms with Gasteiger partial charge in [0, 0.05) is 43.0 Å². The standard InChI is InChI=1S/C32H33F3N8O4/c1-18-8-11-43(41-18)24-14-21(19-2-4-20(5-3-19)28(36)44)6-7-22(24)27(32(33,34)35)47-26-15-25(39-30(37)40-26)42-12-9-31(10-13-42)16-23(29(45)46)38-17-31/h2-8,11,14-15,23,27,38H,9-10,12-13,16-17H2,1H3,(H2,36,44)(H,45,46)(H2,37,39,40)/t23-,27?/m0/s1. The van der Waals surface area contributed by atoms with Crippen LogP contribution in [0.4, 0.5) is 24.9 Å². The second-order valence-electron chi connectivity index (χ2n) is 12.0. The van der Waals surface area contributed by atoms with Crippen molar-refractivity contribution in [3.05, 3.63) is 77.6 Å². The number of alkyl halides is 3. The Balaban J connectivity index is 1.30. The minimum Gasteiger partial charge on any atom is -0.480 e. The zero-order valence-electron chi connectivity index (χ0n) is 25.4. The zero-order chi connectivity index (χ0) is 33.5. The van der Waals surface area contributed by atoms with Crippen molar-refractivity contribution in [3.8, 4) is 22.7 Å². The van der Waals surface area contributed by atoms with Crippen LogP contribution in [0.1, 0.15) is 47.0 Å². The maximum absolute atomic E-state index is 14.8. The molecular formula is C32H33F3N8O4. The Morgan fingerprint density at radius 1 is 1.06 bits per heavy atom. The highest BCUT2D eigenvalue weighted by Crippen LogP contribution is 2.42. The molecule has 0 aliphatic carbocycles. The first-order valence-corrected chi connectivity index (χ1v) is 15.0. The summed E-state index contributed by atoms with van der Waals surface area (Å²) in [6.45, 7) is 3.33. The number of carboxylic acids is 1. The van der Waals surface area contributed by atoms with Crippen LogP contribution in [0.2, 0.25) is 0 Å². The summed E-state index contributed by atoms with van der Waals surface area (Å²) >= 11 is 0. The molecule has 4 aromatic rings. The van der Waals surface area contributed by atoms with Gasteiger partial charge in [0.25, 0.3) is 0 Å². The number of nitrogen functional groups attached to an aromatic ring is 1. The van der Waals surface area contributed by atoms with E-state index in [0.29, 0.717) is 67.1 Å². The number of benzene rings is 2. The number of piperidine rings is 1. The number of hydrogen-bond acceptors (Lipinski definition) is 9. The number of primary amides is 1. The number of hydrogen-bond donors (Lipinski definition) is 4. The summed E-state index contributed by atoms with van der Waals surface area (Å²) in [6, 6.07) is 13.3. The van der Waals surface area contributed by atoms with Crippen LogP contribution in [0, 0.1) is 12.3 Å². The van der Waals surface area contributed by atoms with Crippen LogP contribution in [-0.2, 0) is 4.79 Å². The number of ether oxygens (including phenoxy) is 1. The molecule has 0 saturated carbocycles. The molecule has 246 valence electrons. The molecule has 0 bridgehead atoms. The third kappa shape index (κ3) is 6.70. The molecular weight excluding hydrogens is 617 g/mol. The molecule has 6 rings (SSSR count). The van der Waals surface area contributed by atoms with Crippen LogP contribution in [0.25, 0.3) is 16.8 Å². The van der Waals surface area contributed by atoms with Crippen LogP contribution < -0.4 is 26.4 Å². The van der Waals surface area contributed by atoms with Crippen LogP contribution in [0.15, 0.2) is 60.8 Å². The monoisotopic (exact) mass is 650 g/mol. The van der Waals surface area contributed by atoms with Crippen molar-refractivity contribution in [2.24, 2.45) is 11.1 Å². The lowest BCUT2D eigenvalue weighted by molar-refractivity contribution is -0.198. The van der Waals surface area contributed by atoms with E-state index in [0.717, 1.165) is 0 Å². The van der Waals surface area contributed by atoms with E-state index in [1.54, 1.807) is 49.5 Å². The summed E-state index contributed by atoms with van der Waals surface area (Å²) in [7, 11) is 0. The molecule has 6 N–H and O–H groups in total. The third-order valence-electron chi connectivity index (χ3n) is 8.83. The number of carboxylic acid groups (broad SMARTS) is 1. The lowest BCUT2D eigenvalue weighted by Crippen LogP contribution is -2.41. The summed E-state index contributed by atoms with van der Waals surface area (Å²) in [5.41, 5.74) is 13.2. The number of aromatic nitrogens is 4. The molecule has 1 amide bonds. The fourth-order valence-corrected chi connectivity index (χ4v) is 6.28. The Kier molecular flexibility index (Phi) is 8.26. The maximum Gasteiger partial charge on any atom is 0.429 e. The highest BCUT2D eigenvalue weighted by molar-refractivity contribution is 5.93. The van der Waals surface area contributed by atoms with Crippen LogP contribution >= 0.6 is 0 Å². The number of nitrogens with one attached hydrogen (secondary N) is 1. The van der Waals surface area contributed by atoms with E-state index in [9.17, 15) is 27.9 Å². The zero-order valence-corrected chi connectivity index (χ0v) is 25.4. The maximum atomic E-state index is 14.8. The first kappa shape index (κ1) is 31.8. The van der Waals surface area contributed by atoms with E-state index >= 15 is 0 Å². The lowest BCUT2D eigenvalue weighted by Gasteiger charge is -2.39. The molecule has 15 heteroatoms. The van der Waals surface area contributed by atoms with E-state index in [1.165, 1.54) is 22.9 Å². The summed E-state index contributed by atoms with van der Waals surface area (Å²) in [5, 5.41) is 16.8. The summed E-state index contributed by atoms with van der Waals surface area (Å²) in [4.78, 5) is 33.1. The summed E-state index contributed by atoms with van der Waals surface area (Å²) in [5.74, 6) is -1.75. The van der Waals surface area contributed by atoms with Crippen molar-refractivity contribution in [1.29, 1.82) is 0 Å². The van der Waals surface area contributed by atoms with Gasteiger partial charge in [-0.25, -0.2) is 4.68 Å². The van der Waals surface area contributed by atoms with E-state index in [4.69, 9.17) is 16.2 Å². The quantitative estimate of drug-likeness (QED) is 0.218. The first-order chi connectivity index (χ1) is 22.3. The highest BCUT2D eigenvalue weighted by atomic mass is 19.4. The topological polar surface area (TPSA) is 175 Å². The van der Waals surface area contributed by atoms with Crippen molar-refractivity contribution >= 4 is 23.6 Å². The largest absolute Gasteiger partial charge is 0.480 e. The third-order valence-corrected chi connectivity index (χ3v) is 8.83. The smallest absolute Gasteiger partial charge is 0.429 e. The molecule has 2 saturated heterocycles. The highest BCUT2D eigenvalue weighted by Gasteiger charge is 2.46. The Morgan fingerprint density at radius 2 is 1.77 bits per heavy atom. The molecule has 1 unspecified atom stereocenters. The van der Waals surface area contributed by atoms with Gasteiger partial charge < -0.3 is 31.5 Å². The molecule has 47 heavy (non-hydrogen) atoms. The van der Waals surface area contributed by atoms with Crippen LogP contribution in [0.3, 0.4) is 0 Å². The summed E-state index contributed by atoms with van der Waals surface area (Å²) < 4.78 is 51.4. The van der Waals surface area contributed by atoms with Gasteiger partial charge in [-0.1, -0.05) is 24.3 Å². The molecule has 4 heterocycles. The normalized spacial score (nSPS) is 18.3. The number of halogens is 3. The predicted molar refractivity (Wildman–Crippen MR) is 166 cm³/mol. The number of anilines is 2. The molecule has 2 fully saturated rings. The minimum atomic E-state index is -4.87. The van der Waals surface area contributed by atoms with Crippen molar-refractivity contribution in [3.63, 3.8) is 0 Å². The minimum absolute atomic E-state index is 0.130. The Labute approximate surface area is 267 Å². The number of amides is 1. The first-order valence-electron chi connectivity index (χ1n) is 15.0. The molecule has 2 aliphatic heterocycles. The number of rotatable bonds is 8. The molecule has 1 spiro atoms. The second kappa shape index (κ2) is 12.2. The number of aryl methyl sites for hydroxylation is 1. The van der Waals surface area contributed by atoms with E-state index in [-0.39, 0.29) is 28.5 Å². The Hall–Kier alpha value is -5.18. The van der Waals surface area contributed by atoms with E-state index in [1.807, 2.05) is 4.90 Å². The van der Waals surface area contributed by atoms with Crippen molar-refractivity contribution in [2.75, 3.05) is 30.3 Å². The van der Waals surface area contributed by atoms with Gasteiger partial charge in [0.05, 0.1) is 11.4 Å². The van der Waals surface area contributed by atoms with Gasteiger partial charge in [-0.2, -0.15) is 28.2 Å². The predicted octanol–water partition coefficient (Wildman–Crippen LogP) is 4.03.